The van der Waals surface area contributed by atoms with Crippen LogP contribution in [0.3, 0.4) is 0 Å². The average Bonchev–Trinajstić information content (AvgIpc) is 2.46. The maximum atomic E-state index is 11.6. The van der Waals surface area contributed by atoms with Crippen molar-refractivity contribution in [3.8, 4) is 5.75 Å². The Morgan fingerprint density at radius 2 is 2.26 bits per heavy atom. The van der Waals surface area contributed by atoms with Gasteiger partial charge in [0.25, 0.3) is 0 Å². The van der Waals surface area contributed by atoms with Gasteiger partial charge in [-0.1, -0.05) is 12.6 Å². The molecule has 19 heavy (non-hydrogen) atoms. The van der Waals surface area contributed by atoms with E-state index < -0.39 is 0 Å². The van der Waals surface area contributed by atoms with Gasteiger partial charge in [-0.15, -0.1) is 0 Å². The van der Waals surface area contributed by atoms with Crippen molar-refractivity contribution in [2.45, 2.75) is 25.0 Å². The zero-order valence-corrected chi connectivity index (χ0v) is 11.3. The van der Waals surface area contributed by atoms with Gasteiger partial charge in [0.15, 0.2) is 0 Å². The number of hydrogen-bond donors (Lipinski definition) is 1. The summed E-state index contributed by atoms with van der Waals surface area (Å²) in [5.74, 6) is 0.594. The standard InChI is InChI=1S/C15H19NO3/c1-4-14(17)16-15-12-9-11(18-2)7-5-10(12)6-8-13(15)19-3/h4-5,7,9,13,15H,1,6,8H2,2-3H3,(H,16,17). The maximum Gasteiger partial charge on any atom is 0.243 e. The predicted octanol–water partition coefficient (Wildman–Crippen LogP) is 2.00. The second-order valence-electron chi connectivity index (χ2n) is 4.57. The lowest BCUT2D eigenvalue weighted by Crippen LogP contribution is -2.39. The molecule has 0 saturated carbocycles. The summed E-state index contributed by atoms with van der Waals surface area (Å²) in [5.41, 5.74) is 2.29. The minimum absolute atomic E-state index is 0.0245. The molecule has 2 atom stereocenters. The van der Waals surface area contributed by atoms with Gasteiger partial charge in [0, 0.05) is 7.11 Å². The van der Waals surface area contributed by atoms with Crippen molar-refractivity contribution in [2.75, 3.05) is 14.2 Å². The Kier molecular flexibility index (Phi) is 4.22. The molecule has 1 N–H and O–H groups in total. The van der Waals surface area contributed by atoms with Crippen molar-refractivity contribution < 1.29 is 14.3 Å². The molecular weight excluding hydrogens is 242 g/mol. The molecule has 0 bridgehead atoms. The SMILES string of the molecule is C=CC(=O)NC1c2cc(OC)ccc2CCC1OC. The lowest BCUT2D eigenvalue weighted by atomic mass is 9.85. The predicted molar refractivity (Wildman–Crippen MR) is 73.2 cm³/mol. The summed E-state index contributed by atoms with van der Waals surface area (Å²) < 4.78 is 10.7. The van der Waals surface area contributed by atoms with Crippen LogP contribution >= 0.6 is 0 Å². The van der Waals surface area contributed by atoms with Crippen LogP contribution in [0.2, 0.25) is 0 Å². The van der Waals surface area contributed by atoms with Gasteiger partial charge in [0.05, 0.1) is 19.3 Å². The monoisotopic (exact) mass is 261 g/mol. The summed E-state index contributed by atoms with van der Waals surface area (Å²) >= 11 is 0. The van der Waals surface area contributed by atoms with E-state index in [1.165, 1.54) is 11.6 Å². The number of hydrogen-bond acceptors (Lipinski definition) is 3. The van der Waals surface area contributed by atoms with Crippen LogP contribution in [0.15, 0.2) is 30.9 Å². The molecule has 4 heteroatoms. The molecule has 0 fully saturated rings. The van der Waals surface area contributed by atoms with Crippen LogP contribution in [0.4, 0.5) is 0 Å². The summed E-state index contributed by atoms with van der Waals surface area (Å²) in [6.07, 6.45) is 3.08. The molecule has 0 saturated heterocycles. The molecule has 2 unspecified atom stereocenters. The summed E-state index contributed by atoms with van der Waals surface area (Å²) in [4.78, 5) is 11.6. The summed E-state index contributed by atoms with van der Waals surface area (Å²) in [6.45, 7) is 3.49. The van der Waals surface area contributed by atoms with Crippen molar-refractivity contribution in [1.82, 2.24) is 5.32 Å². The molecule has 1 amide bonds. The van der Waals surface area contributed by atoms with Gasteiger partial charge in [0.1, 0.15) is 5.75 Å². The second kappa shape index (κ2) is 5.89. The lowest BCUT2D eigenvalue weighted by Gasteiger charge is -2.33. The first-order valence-corrected chi connectivity index (χ1v) is 6.32. The number of carbonyl (C=O) groups excluding carboxylic acids is 1. The highest BCUT2D eigenvalue weighted by molar-refractivity contribution is 5.87. The van der Waals surface area contributed by atoms with E-state index in [9.17, 15) is 4.79 Å². The Hall–Kier alpha value is -1.81. The van der Waals surface area contributed by atoms with E-state index in [2.05, 4.69) is 11.9 Å². The minimum Gasteiger partial charge on any atom is -0.497 e. The average molecular weight is 261 g/mol. The van der Waals surface area contributed by atoms with Crippen molar-refractivity contribution in [1.29, 1.82) is 0 Å². The van der Waals surface area contributed by atoms with Crippen LogP contribution in [0.1, 0.15) is 23.6 Å². The molecule has 0 heterocycles. The summed E-state index contributed by atoms with van der Waals surface area (Å²) in [7, 11) is 3.30. The quantitative estimate of drug-likeness (QED) is 0.843. The molecule has 0 aromatic heterocycles. The van der Waals surface area contributed by atoms with Gasteiger partial charge in [-0.25, -0.2) is 0 Å². The first-order valence-electron chi connectivity index (χ1n) is 6.32. The third-order valence-corrected chi connectivity index (χ3v) is 3.54. The molecule has 0 spiro atoms. The van der Waals surface area contributed by atoms with E-state index >= 15 is 0 Å². The lowest BCUT2D eigenvalue weighted by molar-refractivity contribution is -0.118. The van der Waals surface area contributed by atoms with Gasteiger partial charge < -0.3 is 14.8 Å². The van der Waals surface area contributed by atoms with Crippen LogP contribution in [0, 0.1) is 0 Å². The number of amides is 1. The Labute approximate surface area is 113 Å². The van der Waals surface area contributed by atoms with Crippen LogP contribution in [0.5, 0.6) is 5.75 Å². The topological polar surface area (TPSA) is 47.6 Å². The molecule has 0 radical (unpaired) electrons. The molecule has 102 valence electrons. The Morgan fingerprint density at radius 3 is 2.89 bits per heavy atom. The number of methoxy groups -OCH3 is 2. The Balaban J connectivity index is 2.37. The molecule has 1 aromatic rings. The van der Waals surface area contributed by atoms with Crippen LogP contribution in [-0.4, -0.2) is 26.2 Å². The van der Waals surface area contributed by atoms with Gasteiger partial charge >= 0.3 is 0 Å². The molecule has 2 rings (SSSR count). The van der Waals surface area contributed by atoms with Crippen molar-refractivity contribution >= 4 is 5.91 Å². The maximum absolute atomic E-state index is 11.6. The van der Waals surface area contributed by atoms with Crippen molar-refractivity contribution in [3.05, 3.63) is 42.0 Å². The van der Waals surface area contributed by atoms with E-state index in [0.717, 1.165) is 24.2 Å². The number of aryl methyl sites for hydroxylation is 1. The Bertz CT molecular complexity index is 484. The molecule has 1 aliphatic carbocycles. The van der Waals surface area contributed by atoms with Crippen LogP contribution in [0.25, 0.3) is 0 Å². The molecule has 0 aliphatic heterocycles. The largest absolute Gasteiger partial charge is 0.497 e. The fourth-order valence-corrected chi connectivity index (χ4v) is 2.52. The first kappa shape index (κ1) is 13.6. The number of nitrogens with one attached hydrogen (secondary N) is 1. The van der Waals surface area contributed by atoms with E-state index in [1.54, 1.807) is 14.2 Å². The van der Waals surface area contributed by atoms with E-state index in [1.807, 2.05) is 18.2 Å². The number of benzene rings is 1. The van der Waals surface area contributed by atoms with E-state index in [4.69, 9.17) is 9.47 Å². The third-order valence-electron chi connectivity index (χ3n) is 3.54. The molecule has 1 aliphatic rings. The van der Waals surface area contributed by atoms with E-state index in [-0.39, 0.29) is 18.1 Å². The number of fused-ring (bicyclic) bond motifs is 1. The molecule has 4 nitrogen and oxygen atoms in total. The third kappa shape index (κ3) is 2.79. The zero-order valence-electron chi connectivity index (χ0n) is 11.3. The van der Waals surface area contributed by atoms with Gasteiger partial charge in [-0.05, 0) is 42.2 Å². The summed E-state index contributed by atoms with van der Waals surface area (Å²) in [6, 6.07) is 5.80. The van der Waals surface area contributed by atoms with Crippen molar-refractivity contribution in [2.24, 2.45) is 0 Å². The minimum atomic E-state index is -0.192. The van der Waals surface area contributed by atoms with Gasteiger partial charge in [0.2, 0.25) is 5.91 Å². The number of carbonyl (C=O) groups is 1. The molecule has 1 aromatic carbocycles. The fraction of sp³-hybridized carbons (Fsp3) is 0.400. The van der Waals surface area contributed by atoms with Gasteiger partial charge in [-0.2, -0.15) is 0 Å². The molecular formula is C15H19NO3. The number of rotatable bonds is 4. The second-order valence-corrected chi connectivity index (χ2v) is 4.57. The highest BCUT2D eigenvalue weighted by Crippen LogP contribution is 2.34. The van der Waals surface area contributed by atoms with Gasteiger partial charge in [-0.3, -0.25) is 4.79 Å². The smallest absolute Gasteiger partial charge is 0.243 e. The summed E-state index contributed by atoms with van der Waals surface area (Å²) in [5, 5.41) is 2.94. The number of ether oxygens (including phenoxy) is 2. The fourth-order valence-electron chi connectivity index (χ4n) is 2.52. The highest BCUT2D eigenvalue weighted by Gasteiger charge is 2.30. The Morgan fingerprint density at radius 1 is 1.47 bits per heavy atom. The van der Waals surface area contributed by atoms with Crippen LogP contribution in [-0.2, 0) is 16.0 Å². The highest BCUT2D eigenvalue weighted by atomic mass is 16.5. The van der Waals surface area contributed by atoms with Crippen molar-refractivity contribution in [3.63, 3.8) is 0 Å². The normalized spacial score (nSPS) is 21.4. The van der Waals surface area contributed by atoms with Crippen LogP contribution < -0.4 is 10.1 Å². The first-order chi connectivity index (χ1) is 9.19. The zero-order chi connectivity index (χ0) is 13.8. The van der Waals surface area contributed by atoms with E-state index in [0.29, 0.717) is 0 Å².